The van der Waals surface area contributed by atoms with Crippen molar-refractivity contribution in [2.24, 2.45) is 5.92 Å². The summed E-state index contributed by atoms with van der Waals surface area (Å²) in [6.07, 6.45) is 8.50. The number of allylic oxidation sites excluding steroid dienone is 4. The van der Waals surface area contributed by atoms with Gasteiger partial charge in [-0.2, -0.15) is 0 Å². The highest BCUT2D eigenvalue weighted by atomic mass is 16.1. The summed E-state index contributed by atoms with van der Waals surface area (Å²) in [6, 6.07) is 1.51. The molecule has 0 aromatic carbocycles. The largest absolute Gasteiger partial charge is 0.398 e. The van der Waals surface area contributed by atoms with E-state index in [1.807, 2.05) is 0 Å². The molecule has 2 aliphatic carbocycles. The first-order valence-electron chi connectivity index (χ1n) is 6.42. The maximum Gasteiger partial charge on any atom is 0.250 e. The quantitative estimate of drug-likeness (QED) is 0.686. The van der Waals surface area contributed by atoms with Crippen LogP contribution >= 0.6 is 0 Å². The molecular formula is C15H18N2O. The normalized spacial score (nSPS) is 31.4. The van der Waals surface area contributed by atoms with Crippen molar-refractivity contribution in [3.63, 3.8) is 0 Å². The first kappa shape index (κ1) is 11.3. The zero-order valence-electron chi connectivity index (χ0n) is 10.8. The number of pyridine rings is 1. The molecule has 0 radical (unpaired) electrons. The number of nitrogens with two attached hydrogens (primary N) is 1. The average Bonchev–Trinajstić information content (AvgIpc) is 2.26. The summed E-state index contributed by atoms with van der Waals surface area (Å²) < 4.78 is 0. The molecule has 3 N–H and O–H groups in total. The van der Waals surface area contributed by atoms with Crippen LogP contribution < -0.4 is 11.3 Å². The molecule has 3 rings (SSSR count). The summed E-state index contributed by atoms with van der Waals surface area (Å²) in [7, 11) is 0. The molecule has 18 heavy (non-hydrogen) atoms. The fraction of sp³-hybridized carbons (Fsp3) is 0.400. The number of hydrogen-bond donors (Lipinski definition) is 2. The lowest BCUT2D eigenvalue weighted by Crippen LogP contribution is -2.39. The summed E-state index contributed by atoms with van der Waals surface area (Å²) >= 11 is 0. The highest BCUT2D eigenvalue weighted by Crippen LogP contribution is 2.50. The van der Waals surface area contributed by atoms with Crippen molar-refractivity contribution in [2.75, 3.05) is 5.73 Å². The molecule has 94 valence electrons. The maximum atomic E-state index is 11.6. The first-order valence-corrected chi connectivity index (χ1v) is 6.42. The van der Waals surface area contributed by atoms with Crippen molar-refractivity contribution in [3.8, 4) is 0 Å². The van der Waals surface area contributed by atoms with Crippen LogP contribution in [0.15, 0.2) is 34.7 Å². The number of fused-ring (bicyclic) bond motifs is 4. The molecular weight excluding hydrogens is 224 g/mol. The second-order valence-electron chi connectivity index (χ2n) is 5.46. The number of H-pyrrole nitrogens is 1. The van der Waals surface area contributed by atoms with Gasteiger partial charge >= 0.3 is 0 Å². The molecule has 2 aliphatic rings. The highest BCUT2D eigenvalue weighted by Gasteiger charge is 2.42. The predicted molar refractivity (Wildman–Crippen MR) is 73.5 cm³/mol. The summed E-state index contributed by atoms with van der Waals surface area (Å²) in [5.41, 5.74) is 10.1. The van der Waals surface area contributed by atoms with E-state index in [1.54, 1.807) is 0 Å². The average molecular weight is 242 g/mol. The van der Waals surface area contributed by atoms with Crippen LogP contribution in [0.5, 0.6) is 0 Å². The Labute approximate surface area is 106 Å². The van der Waals surface area contributed by atoms with E-state index in [2.05, 4.69) is 37.1 Å². The molecule has 2 bridgehead atoms. The molecule has 0 saturated carbocycles. The van der Waals surface area contributed by atoms with Crippen molar-refractivity contribution in [1.82, 2.24) is 4.98 Å². The number of rotatable bonds is 0. The molecule has 0 unspecified atom stereocenters. The number of hydrogen-bond acceptors (Lipinski definition) is 2. The number of anilines is 1. The molecule has 0 spiro atoms. The van der Waals surface area contributed by atoms with Crippen molar-refractivity contribution >= 4 is 5.69 Å². The summed E-state index contributed by atoms with van der Waals surface area (Å²) in [5, 5.41) is 0. The Bertz CT molecular complexity index is 624. The smallest absolute Gasteiger partial charge is 0.250 e. The van der Waals surface area contributed by atoms with Crippen LogP contribution in [0.3, 0.4) is 0 Å². The second kappa shape index (κ2) is 3.61. The van der Waals surface area contributed by atoms with E-state index in [9.17, 15) is 4.79 Å². The highest BCUT2D eigenvalue weighted by molar-refractivity contribution is 5.60. The van der Waals surface area contributed by atoms with Crippen molar-refractivity contribution in [3.05, 3.63) is 51.5 Å². The maximum absolute atomic E-state index is 11.6. The lowest BCUT2D eigenvalue weighted by atomic mass is 9.60. The molecule has 1 aromatic rings. The van der Waals surface area contributed by atoms with Gasteiger partial charge in [-0.15, -0.1) is 0 Å². The molecule has 1 aromatic heterocycles. The van der Waals surface area contributed by atoms with E-state index in [0.29, 0.717) is 11.6 Å². The Morgan fingerprint density at radius 3 is 3.06 bits per heavy atom. The van der Waals surface area contributed by atoms with E-state index in [4.69, 9.17) is 5.73 Å². The van der Waals surface area contributed by atoms with Gasteiger partial charge in [-0.1, -0.05) is 30.7 Å². The fourth-order valence-electron chi connectivity index (χ4n) is 3.72. The predicted octanol–water partition coefficient (Wildman–Crippen LogP) is 2.29. The Kier molecular flexibility index (Phi) is 2.27. The van der Waals surface area contributed by atoms with Gasteiger partial charge in [0.1, 0.15) is 0 Å². The standard InChI is InChI=1S/C15H18N2O/c1-3-10-9-5-4-6-15(10,2)14-11(16)8-13(18)17-12(14)7-9/h3-5,8-9H,6-7H2,1-2H3,(H3,16,17,18)/t9-,15-/m1/s1. The molecule has 1 heterocycles. The Hall–Kier alpha value is -1.77. The van der Waals surface area contributed by atoms with Crippen molar-refractivity contribution in [2.45, 2.75) is 32.1 Å². The Balaban J connectivity index is 2.34. The van der Waals surface area contributed by atoms with Gasteiger partial charge in [0.05, 0.1) is 0 Å². The molecule has 0 fully saturated rings. The number of nitrogen functional groups attached to an aromatic ring is 1. The van der Waals surface area contributed by atoms with Crippen LogP contribution in [-0.4, -0.2) is 4.98 Å². The van der Waals surface area contributed by atoms with Gasteiger partial charge in [0.25, 0.3) is 0 Å². The number of aromatic nitrogens is 1. The minimum Gasteiger partial charge on any atom is -0.398 e. The van der Waals surface area contributed by atoms with Gasteiger partial charge in [-0.25, -0.2) is 0 Å². The van der Waals surface area contributed by atoms with Gasteiger partial charge < -0.3 is 10.7 Å². The number of aromatic amines is 1. The van der Waals surface area contributed by atoms with E-state index in [-0.39, 0.29) is 11.0 Å². The van der Waals surface area contributed by atoms with E-state index in [0.717, 1.165) is 24.1 Å². The topological polar surface area (TPSA) is 58.9 Å². The molecule has 0 saturated heterocycles. The van der Waals surface area contributed by atoms with Gasteiger partial charge in [-0.05, 0) is 19.8 Å². The van der Waals surface area contributed by atoms with E-state index < -0.39 is 0 Å². The van der Waals surface area contributed by atoms with Crippen LogP contribution in [0.2, 0.25) is 0 Å². The van der Waals surface area contributed by atoms with Crippen LogP contribution in [-0.2, 0) is 11.8 Å². The Morgan fingerprint density at radius 1 is 1.56 bits per heavy atom. The van der Waals surface area contributed by atoms with Crippen LogP contribution in [0.25, 0.3) is 0 Å². The lowest BCUT2D eigenvalue weighted by molar-refractivity contribution is 0.443. The van der Waals surface area contributed by atoms with Gasteiger partial charge in [0.15, 0.2) is 0 Å². The third kappa shape index (κ3) is 1.33. The summed E-state index contributed by atoms with van der Waals surface area (Å²) in [6.45, 7) is 4.32. The molecule has 3 nitrogen and oxygen atoms in total. The summed E-state index contributed by atoms with van der Waals surface area (Å²) in [5.74, 6) is 0.402. The van der Waals surface area contributed by atoms with E-state index in [1.165, 1.54) is 11.6 Å². The monoisotopic (exact) mass is 242 g/mol. The third-order valence-electron chi connectivity index (χ3n) is 4.37. The Morgan fingerprint density at radius 2 is 2.33 bits per heavy atom. The SMILES string of the molecule is CC=C1[C@@H]2C=CC[C@@]1(C)c1c(N)cc(=O)[nH]c1C2. The number of nitrogens with one attached hydrogen (secondary N) is 1. The molecule has 0 amide bonds. The van der Waals surface area contributed by atoms with E-state index >= 15 is 0 Å². The van der Waals surface area contributed by atoms with Crippen LogP contribution in [0.1, 0.15) is 31.5 Å². The lowest BCUT2D eigenvalue weighted by Gasteiger charge is -2.44. The zero-order valence-corrected chi connectivity index (χ0v) is 10.8. The first-order chi connectivity index (χ1) is 8.56. The summed E-state index contributed by atoms with van der Waals surface area (Å²) in [4.78, 5) is 14.5. The second-order valence-corrected chi connectivity index (χ2v) is 5.46. The third-order valence-corrected chi connectivity index (χ3v) is 4.37. The van der Waals surface area contributed by atoms with Crippen LogP contribution in [0, 0.1) is 5.92 Å². The minimum absolute atomic E-state index is 0.0595. The fourth-order valence-corrected chi connectivity index (χ4v) is 3.72. The zero-order chi connectivity index (χ0) is 12.9. The molecule has 3 heteroatoms. The minimum atomic E-state index is -0.0965. The van der Waals surface area contributed by atoms with Crippen LogP contribution in [0.4, 0.5) is 5.69 Å². The van der Waals surface area contributed by atoms with Crippen molar-refractivity contribution < 1.29 is 0 Å². The van der Waals surface area contributed by atoms with Crippen molar-refractivity contribution in [1.29, 1.82) is 0 Å². The van der Waals surface area contributed by atoms with Gasteiger partial charge in [-0.3, -0.25) is 4.79 Å². The molecule has 0 aliphatic heterocycles. The molecule has 2 atom stereocenters. The van der Waals surface area contributed by atoms with Gasteiger partial charge in [0.2, 0.25) is 5.56 Å². The van der Waals surface area contributed by atoms with Gasteiger partial charge in [0, 0.05) is 34.3 Å².